The molecule has 0 saturated heterocycles. The molecule has 1 aromatic heterocycles. The normalized spacial score (nSPS) is 18.2. The van der Waals surface area contributed by atoms with E-state index in [1.807, 2.05) is 18.2 Å². The second-order valence-electron chi connectivity index (χ2n) is 6.72. The number of nitrogens with zero attached hydrogens (tertiary/aromatic N) is 1. The second kappa shape index (κ2) is 6.55. The summed E-state index contributed by atoms with van der Waals surface area (Å²) in [5, 5.41) is 17.0. The first-order valence-electron chi connectivity index (χ1n) is 7.61. The van der Waals surface area contributed by atoms with Crippen molar-refractivity contribution in [2.45, 2.75) is 64.1 Å². The van der Waals surface area contributed by atoms with Gasteiger partial charge in [0.2, 0.25) is 0 Å². The maximum absolute atomic E-state index is 10.2. The SMILES string of the molecule is CC(C)(C)NCC(O)c1cccc(NC2CCCC2)n1. The van der Waals surface area contributed by atoms with Crippen LogP contribution in [0, 0.1) is 0 Å². The zero-order valence-corrected chi connectivity index (χ0v) is 12.8. The Kier molecular flexibility index (Phi) is 5.00. The summed E-state index contributed by atoms with van der Waals surface area (Å²) in [6.45, 7) is 6.78. The Morgan fingerprint density at radius 2 is 2.00 bits per heavy atom. The summed E-state index contributed by atoms with van der Waals surface area (Å²) in [7, 11) is 0. The van der Waals surface area contributed by atoms with Crippen molar-refractivity contribution >= 4 is 5.82 Å². The highest BCUT2D eigenvalue weighted by molar-refractivity contribution is 5.37. The molecule has 0 aliphatic heterocycles. The summed E-state index contributed by atoms with van der Waals surface area (Å²) in [5.41, 5.74) is 0.727. The quantitative estimate of drug-likeness (QED) is 0.774. The highest BCUT2D eigenvalue weighted by atomic mass is 16.3. The Bertz CT molecular complexity index is 422. The number of aliphatic hydroxyl groups is 1. The summed E-state index contributed by atoms with van der Waals surface area (Å²) < 4.78 is 0. The first kappa shape index (κ1) is 15.3. The molecule has 4 heteroatoms. The molecule has 0 spiro atoms. The van der Waals surface area contributed by atoms with Crippen LogP contribution in [0.15, 0.2) is 18.2 Å². The third-order valence-electron chi connectivity index (χ3n) is 3.64. The van der Waals surface area contributed by atoms with Crippen molar-refractivity contribution in [3.8, 4) is 0 Å². The van der Waals surface area contributed by atoms with Gasteiger partial charge in [-0.15, -0.1) is 0 Å². The van der Waals surface area contributed by atoms with Gasteiger partial charge in [-0.1, -0.05) is 18.9 Å². The lowest BCUT2D eigenvalue weighted by molar-refractivity contribution is 0.159. The molecule has 1 aliphatic rings. The van der Waals surface area contributed by atoms with E-state index in [-0.39, 0.29) is 5.54 Å². The number of hydrogen-bond donors (Lipinski definition) is 3. The van der Waals surface area contributed by atoms with Crippen molar-refractivity contribution in [2.24, 2.45) is 0 Å². The molecule has 112 valence electrons. The summed E-state index contributed by atoms with van der Waals surface area (Å²) in [4.78, 5) is 4.54. The fraction of sp³-hybridized carbons (Fsp3) is 0.688. The Morgan fingerprint density at radius 3 is 2.65 bits per heavy atom. The van der Waals surface area contributed by atoms with Gasteiger partial charge >= 0.3 is 0 Å². The van der Waals surface area contributed by atoms with E-state index in [9.17, 15) is 5.11 Å². The van der Waals surface area contributed by atoms with Gasteiger partial charge in [0.05, 0.1) is 5.69 Å². The average molecular weight is 277 g/mol. The van der Waals surface area contributed by atoms with Gasteiger partial charge in [-0.2, -0.15) is 0 Å². The monoisotopic (exact) mass is 277 g/mol. The van der Waals surface area contributed by atoms with Gasteiger partial charge in [0.25, 0.3) is 0 Å². The third kappa shape index (κ3) is 4.76. The van der Waals surface area contributed by atoms with E-state index < -0.39 is 6.10 Å². The van der Waals surface area contributed by atoms with Crippen LogP contribution in [0.1, 0.15) is 58.3 Å². The zero-order chi connectivity index (χ0) is 14.6. The Morgan fingerprint density at radius 1 is 1.30 bits per heavy atom. The fourth-order valence-electron chi connectivity index (χ4n) is 2.50. The van der Waals surface area contributed by atoms with E-state index in [0.29, 0.717) is 12.6 Å². The number of nitrogens with one attached hydrogen (secondary N) is 2. The number of pyridine rings is 1. The first-order valence-corrected chi connectivity index (χ1v) is 7.61. The number of aromatic nitrogens is 1. The van der Waals surface area contributed by atoms with Gasteiger partial charge in [-0.05, 0) is 45.7 Å². The van der Waals surface area contributed by atoms with Gasteiger partial charge in [0, 0.05) is 18.1 Å². The van der Waals surface area contributed by atoms with Crippen LogP contribution in [0.4, 0.5) is 5.82 Å². The number of hydrogen-bond acceptors (Lipinski definition) is 4. The van der Waals surface area contributed by atoms with Crippen LogP contribution in [0.3, 0.4) is 0 Å². The van der Waals surface area contributed by atoms with E-state index in [1.165, 1.54) is 25.7 Å². The Hall–Kier alpha value is -1.13. The van der Waals surface area contributed by atoms with Crippen LogP contribution in [0.2, 0.25) is 0 Å². The minimum atomic E-state index is -0.570. The van der Waals surface area contributed by atoms with E-state index in [4.69, 9.17) is 0 Å². The Balaban J connectivity index is 1.94. The number of aliphatic hydroxyl groups excluding tert-OH is 1. The summed E-state index contributed by atoms with van der Waals surface area (Å²) >= 11 is 0. The lowest BCUT2D eigenvalue weighted by Crippen LogP contribution is -2.38. The van der Waals surface area contributed by atoms with Crippen LogP contribution in [0.5, 0.6) is 0 Å². The standard InChI is InChI=1S/C16H27N3O/c1-16(2,3)17-11-14(20)13-9-6-10-15(19-13)18-12-7-4-5-8-12/h6,9-10,12,14,17,20H,4-5,7-8,11H2,1-3H3,(H,18,19). The fourth-order valence-corrected chi connectivity index (χ4v) is 2.50. The molecule has 0 aromatic carbocycles. The van der Waals surface area contributed by atoms with Gasteiger partial charge in [0.1, 0.15) is 11.9 Å². The topological polar surface area (TPSA) is 57.2 Å². The van der Waals surface area contributed by atoms with Crippen molar-refractivity contribution in [3.05, 3.63) is 23.9 Å². The molecule has 1 aliphatic carbocycles. The van der Waals surface area contributed by atoms with Crippen LogP contribution >= 0.6 is 0 Å². The molecular formula is C16H27N3O. The van der Waals surface area contributed by atoms with E-state index in [0.717, 1.165) is 11.5 Å². The highest BCUT2D eigenvalue weighted by Crippen LogP contribution is 2.22. The minimum Gasteiger partial charge on any atom is -0.385 e. The number of rotatable bonds is 5. The maximum Gasteiger partial charge on any atom is 0.126 e. The molecule has 1 heterocycles. The van der Waals surface area contributed by atoms with Crippen molar-refractivity contribution in [1.29, 1.82) is 0 Å². The van der Waals surface area contributed by atoms with E-state index >= 15 is 0 Å². The number of β-amino-alcohol motifs (C(OH)–C–C–N with tert-alkyl or cyclic N) is 1. The molecule has 1 atom stereocenters. The summed E-state index contributed by atoms with van der Waals surface area (Å²) in [6.07, 6.45) is 4.48. The minimum absolute atomic E-state index is 0.000682. The first-order chi connectivity index (χ1) is 9.44. The van der Waals surface area contributed by atoms with Gasteiger partial charge in [-0.25, -0.2) is 4.98 Å². The molecule has 0 bridgehead atoms. The molecule has 1 fully saturated rings. The van der Waals surface area contributed by atoms with Gasteiger partial charge in [-0.3, -0.25) is 0 Å². The summed E-state index contributed by atoms with van der Waals surface area (Å²) in [6, 6.07) is 6.36. The predicted molar refractivity (Wildman–Crippen MR) is 82.8 cm³/mol. The number of anilines is 1. The lowest BCUT2D eigenvalue weighted by atomic mass is 10.1. The molecule has 0 amide bonds. The molecule has 1 saturated carbocycles. The molecule has 1 unspecified atom stereocenters. The molecule has 4 nitrogen and oxygen atoms in total. The molecule has 0 radical (unpaired) electrons. The molecule has 20 heavy (non-hydrogen) atoms. The van der Waals surface area contributed by atoms with Crippen molar-refractivity contribution in [3.63, 3.8) is 0 Å². The van der Waals surface area contributed by atoms with Crippen LogP contribution < -0.4 is 10.6 Å². The van der Waals surface area contributed by atoms with Crippen molar-refractivity contribution < 1.29 is 5.11 Å². The third-order valence-corrected chi connectivity index (χ3v) is 3.64. The van der Waals surface area contributed by atoms with Crippen LogP contribution in [0.25, 0.3) is 0 Å². The van der Waals surface area contributed by atoms with E-state index in [2.05, 4.69) is 36.4 Å². The smallest absolute Gasteiger partial charge is 0.126 e. The van der Waals surface area contributed by atoms with Gasteiger partial charge in [0.15, 0.2) is 0 Å². The van der Waals surface area contributed by atoms with Crippen molar-refractivity contribution in [2.75, 3.05) is 11.9 Å². The van der Waals surface area contributed by atoms with E-state index in [1.54, 1.807) is 0 Å². The summed E-state index contributed by atoms with van der Waals surface area (Å²) in [5.74, 6) is 0.879. The highest BCUT2D eigenvalue weighted by Gasteiger charge is 2.17. The van der Waals surface area contributed by atoms with Crippen LogP contribution in [-0.4, -0.2) is 28.2 Å². The predicted octanol–water partition coefficient (Wildman–Crippen LogP) is 2.86. The average Bonchev–Trinajstić information content (AvgIpc) is 2.88. The molecular weight excluding hydrogens is 250 g/mol. The lowest BCUT2D eigenvalue weighted by Gasteiger charge is -2.23. The molecule has 2 rings (SSSR count). The Labute approximate surface area is 122 Å². The van der Waals surface area contributed by atoms with Crippen molar-refractivity contribution in [1.82, 2.24) is 10.3 Å². The molecule has 1 aromatic rings. The maximum atomic E-state index is 10.2. The van der Waals surface area contributed by atoms with Gasteiger partial charge < -0.3 is 15.7 Å². The molecule has 3 N–H and O–H groups in total. The zero-order valence-electron chi connectivity index (χ0n) is 12.8. The largest absolute Gasteiger partial charge is 0.385 e. The van der Waals surface area contributed by atoms with Crippen LogP contribution in [-0.2, 0) is 0 Å². The second-order valence-corrected chi connectivity index (χ2v) is 6.72.